The summed E-state index contributed by atoms with van der Waals surface area (Å²) in [7, 11) is 0. The lowest BCUT2D eigenvalue weighted by molar-refractivity contribution is -0.128. The molecule has 1 aromatic carbocycles. The van der Waals surface area contributed by atoms with Crippen LogP contribution in [0.15, 0.2) is 36.4 Å². The number of hydrogen-bond acceptors (Lipinski definition) is 2. The zero-order valence-electron chi connectivity index (χ0n) is 14.0. The highest BCUT2D eigenvalue weighted by molar-refractivity contribution is 6.31. The fourth-order valence-electron chi connectivity index (χ4n) is 3.02. The van der Waals surface area contributed by atoms with Crippen LogP contribution in [0.25, 0.3) is 0 Å². The average Bonchev–Trinajstić information content (AvgIpc) is 2.55. The van der Waals surface area contributed by atoms with Crippen LogP contribution in [-0.4, -0.2) is 35.6 Å². The van der Waals surface area contributed by atoms with Gasteiger partial charge in [-0.1, -0.05) is 49.7 Å². The number of aliphatic hydroxyl groups excluding tert-OH is 1. The predicted octanol–water partition coefficient (Wildman–Crippen LogP) is 3.70. The number of halogens is 1. The van der Waals surface area contributed by atoms with E-state index in [0.29, 0.717) is 19.0 Å². The van der Waals surface area contributed by atoms with E-state index in [1.165, 1.54) is 0 Å². The van der Waals surface area contributed by atoms with Gasteiger partial charge in [-0.15, -0.1) is 0 Å². The highest BCUT2D eigenvalue weighted by atomic mass is 35.5. The number of allylic oxidation sites excluding steroid dienone is 1. The lowest BCUT2D eigenvalue weighted by Gasteiger charge is -2.40. The van der Waals surface area contributed by atoms with Gasteiger partial charge in [0.2, 0.25) is 5.91 Å². The van der Waals surface area contributed by atoms with Crippen molar-refractivity contribution in [2.24, 2.45) is 11.3 Å². The van der Waals surface area contributed by atoms with Crippen molar-refractivity contribution in [2.75, 3.05) is 19.7 Å². The molecule has 23 heavy (non-hydrogen) atoms. The minimum absolute atomic E-state index is 0.0722. The molecule has 3 nitrogen and oxygen atoms in total. The second-order valence-corrected chi connectivity index (χ2v) is 7.26. The van der Waals surface area contributed by atoms with E-state index >= 15 is 0 Å². The molecule has 0 bridgehead atoms. The maximum Gasteiger partial charge on any atom is 0.246 e. The van der Waals surface area contributed by atoms with Crippen LogP contribution >= 0.6 is 11.6 Å². The Bertz CT molecular complexity index is 560. The normalized spacial score (nSPS) is 17.9. The molecule has 0 saturated carbocycles. The quantitative estimate of drug-likeness (QED) is 0.833. The first-order valence-electron chi connectivity index (χ1n) is 8.27. The van der Waals surface area contributed by atoms with Crippen molar-refractivity contribution in [1.82, 2.24) is 4.90 Å². The van der Waals surface area contributed by atoms with Crippen LogP contribution < -0.4 is 0 Å². The van der Waals surface area contributed by atoms with Crippen molar-refractivity contribution < 1.29 is 9.90 Å². The molecule has 0 spiro atoms. The number of carbonyl (C=O) groups excluding carboxylic acids is 1. The van der Waals surface area contributed by atoms with Gasteiger partial charge in [0.15, 0.2) is 0 Å². The topological polar surface area (TPSA) is 40.5 Å². The Morgan fingerprint density at radius 1 is 1.35 bits per heavy atom. The molecule has 1 N–H and O–H groups in total. The second-order valence-electron chi connectivity index (χ2n) is 6.85. The third kappa shape index (κ3) is 4.82. The number of likely N-dealkylation sites (tertiary alicyclic amines) is 1. The lowest BCUT2D eigenvalue weighted by atomic mass is 9.74. The van der Waals surface area contributed by atoms with E-state index in [2.05, 4.69) is 13.8 Å². The molecule has 0 aromatic heterocycles. The van der Waals surface area contributed by atoms with Gasteiger partial charge in [0, 0.05) is 30.1 Å². The van der Waals surface area contributed by atoms with Crippen LogP contribution in [0, 0.1) is 11.3 Å². The van der Waals surface area contributed by atoms with E-state index in [9.17, 15) is 9.90 Å². The van der Waals surface area contributed by atoms with Gasteiger partial charge in [-0.25, -0.2) is 0 Å². The zero-order valence-corrected chi connectivity index (χ0v) is 14.7. The van der Waals surface area contributed by atoms with Crippen molar-refractivity contribution in [3.63, 3.8) is 0 Å². The summed E-state index contributed by atoms with van der Waals surface area (Å²) < 4.78 is 0. The fraction of sp³-hybridized carbons (Fsp3) is 0.526. The molecule has 1 amide bonds. The standard InChI is InChI=1S/C19H26ClNO2/c1-15(2)7-8-18(23)21-11-9-19(14-22,10-12-21)13-16-5-3-4-6-17(16)20/h3-8,15,22H,9-14H2,1-2H3. The van der Waals surface area contributed by atoms with Crippen LogP contribution in [0.4, 0.5) is 0 Å². The lowest BCUT2D eigenvalue weighted by Crippen LogP contribution is -2.45. The highest BCUT2D eigenvalue weighted by Gasteiger charge is 2.35. The van der Waals surface area contributed by atoms with E-state index in [1.54, 1.807) is 6.08 Å². The van der Waals surface area contributed by atoms with Gasteiger partial charge in [-0.3, -0.25) is 4.79 Å². The molecule has 0 atom stereocenters. The molecular weight excluding hydrogens is 310 g/mol. The Kier molecular flexibility index (Phi) is 6.25. The molecule has 0 aliphatic carbocycles. The van der Waals surface area contributed by atoms with Gasteiger partial charge in [0.05, 0.1) is 0 Å². The van der Waals surface area contributed by atoms with Crippen LogP contribution in [0.2, 0.25) is 5.02 Å². The highest BCUT2D eigenvalue weighted by Crippen LogP contribution is 2.36. The van der Waals surface area contributed by atoms with Gasteiger partial charge in [0.1, 0.15) is 0 Å². The average molecular weight is 336 g/mol. The van der Waals surface area contributed by atoms with Gasteiger partial charge >= 0.3 is 0 Å². The summed E-state index contributed by atoms with van der Waals surface area (Å²) in [4.78, 5) is 14.0. The molecule has 1 aromatic rings. The molecule has 1 aliphatic rings. The SMILES string of the molecule is CC(C)C=CC(=O)N1CCC(CO)(Cc2ccccc2Cl)CC1. The smallest absolute Gasteiger partial charge is 0.246 e. The Hall–Kier alpha value is -1.32. The number of carbonyl (C=O) groups is 1. The summed E-state index contributed by atoms with van der Waals surface area (Å²) >= 11 is 6.26. The monoisotopic (exact) mass is 335 g/mol. The van der Waals surface area contributed by atoms with Crippen molar-refractivity contribution in [3.8, 4) is 0 Å². The minimum atomic E-state index is -0.177. The summed E-state index contributed by atoms with van der Waals surface area (Å²) in [5.74, 6) is 0.448. The Balaban J connectivity index is 2.00. The van der Waals surface area contributed by atoms with Crippen molar-refractivity contribution in [2.45, 2.75) is 33.1 Å². The summed E-state index contributed by atoms with van der Waals surface area (Å²) in [6.07, 6.45) is 5.96. The molecule has 2 rings (SSSR count). The van der Waals surface area contributed by atoms with Crippen molar-refractivity contribution in [1.29, 1.82) is 0 Å². The van der Waals surface area contributed by atoms with Crippen molar-refractivity contribution in [3.05, 3.63) is 47.0 Å². The molecule has 1 saturated heterocycles. The number of hydrogen-bond donors (Lipinski definition) is 1. The van der Waals surface area contributed by atoms with Crippen LogP contribution in [-0.2, 0) is 11.2 Å². The van der Waals surface area contributed by atoms with E-state index in [1.807, 2.05) is 35.2 Å². The molecule has 4 heteroatoms. The van der Waals surface area contributed by atoms with E-state index in [4.69, 9.17) is 11.6 Å². The fourth-order valence-corrected chi connectivity index (χ4v) is 3.22. The summed E-state index contributed by atoms with van der Waals surface area (Å²) in [5.41, 5.74) is 0.895. The van der Waals surface area contributed by atoms with Gasteiger partial charge in [-0.05, 0) is 42.9 Å². The number of rotatable bonds is 5. The van der Waals surface area contributed by atoms with Crippen LogP contribution in [0.3, 0.4) is 0 Å². The number of piperidine rings is 1. The zero-order chi connectivity index (χ0) is 16.9. The van der Waals surface area contributed by atoms with Crippen molar-refractivity contribution >= 4 is 17.5 Å². The first kappa shape index (κ1) is 18.0. The predicted molar refractivity (Wildman–Crippen MR) is 94.5 cm³/mol. The number of benzene rings is 1. The largest absolute Gasteiger partial charge is 0.396 e. The molecule has 1 heterocycles. The number of nitrogens with zero attached hydrogens (tertiary/aromatic N) is 1. The van der Waals surface area contributed by atoms with E-state index in [0.717, 1.165) is 29.8 Å². The van der Waals surface area contributed by atoms with E-state index < -0.39 is 0 Å². The summed E-state index contributed by atoms with van der Waals surface area (Å²) in [6, 6.07) is 7.79. The first-order valence-corrected chi connectivity index (χ1v) is 8.65. The molecule has 0 unspecified atom stereocenters. The van der Waals surface area contributed by atoms with Gasteiger partial charge < -0.3 is 10.0 Å². The Labute approximate surface area is 143 Å². The minimum Gasteiger partial charge on any atom is -0.396 e. The Morgan fingerprint density at radius 2 is 2.00 bits per heavy atom. The van der Waals surface area contributed by atoms with Crippen LogP contribution in [0.1, 0.15) is 32.3 Å². The van der Waals surface area contributed by atoms with Crippen LogP contribution in [0.5, 0.6) is 0 Å². The molecule has 1 aliphatic heterocycles. The second kappa shape index (κ2) is 7.98. The Morgan fingerprint density at radius 3 is 2.57 bits per heavy atom. The molecule has 0 radical (unpaired) electrons. The molecular formula is C19H26ClNO2. The third-order valence-corrected chi connectivity index (χ3v) is 4.99. The summed E-state index contributed by atoms with van der Waals surface area (Å²) in [6.45, 7) is 5.61. The maximum atomic E-state index is 12.2. The number of amides is 1. The molecule has 126 valence electrons. The van der Waals surface area contributed by atoms with Gasteiger partial charge in [0.25, 0.3) is 0 Å². The molecule has 1 fully saturated rings. The maximum absolute atomic E-state index is 12.2. The summed E-state index contributed by atoms with van der Waals surface area (Å²) in [5, 5.41) is 10.7. The van der Waals surface area contributed by atoms with E-state index in [-0.39, 0.29) is 17.9 Å². The number of aliphatic hydroxyl groups is 1. The van der Waals surface area contributed by atoms with Gasteiger partial charge in [-0.2, -0.15) is 0 Å². The third-order valence-electron chi connectivity index (χ3n) is 4.62. The first-order chi connectivity index (χ1) is 11.0.